The van der Waals surface area contributed by atoms with Crippen LogP contribution in [0, 0.1) is 11.3 Å². The number of nitrogens with zero attached hydrogens (tertiary/aromatic N) is 5. The van der Waals surface area contributed by atoms with Gasteiger partial charge in [-0.1, -0.05) is 43.8 Å². The average Bonchev–Trinajstić information content (AvgIpc) is 3.18. The van der Waals surface area contributed by atoms with Gasteiger partial charge in [-0.3, -0.25) is 4.79 Å². The van der Waals surface area contributed by atoms with Crippen LogP contribution in [0.1, 0.15) is 19.4 Å². The number of nitrogens with two attached hydrogens (primary N) is 1. The molecular formula is C21H23N7O3S2. The molecule has 0 aliphatic heterocycles. The molecule has 10 nitrogen and oxygen atoms in total. The molecule has 0 aliphatic rings. The van der Waals surface area contributed by atoms with Gasteiger partial charge in [-0.2, -0.15) is 9.57 Å². The van der Waals surface area contributed by atoms with Crippen LogP contribution in [0.4, 0.5) is 5.69 Å². The summed E-state index contributed by atoms with van der Waals surface area (Å²) in [6, 6.07) is 14.9. The molecule has 0 saturated heterocycles. The topological polar surface area (TPSA) is 147 Å². The number of nitrogen functional groups attached to an aromatic ring is 1. The molecule has 0 saturated carbocycles. The third kappa shape index (κ3) is 5.51. The van der Waals surface area contributed by atoms with Crippen molar-refractivity contribution in [2.45, 2.75) is 23.9 Å². The molecule has 172 valence electrons. The van der Waals surface area contributed by atoms with E-state index >= 15 is 0 Å². The molecule has 0 spiro atoms. The minimum absolute atomic E-state index is 0.0164. The lowest BCUT2D eigenvalue weighted by atomic mass is 10.2. The first kappa shape index (κ1) is 24.2. The number of carbonyl (C=O) groups is 1. The Morgan fingerprint density at radius 1 is 1.18 bits per heavy atom. The molecular weight excluding hydrogens is 462 g/mol. The number of carbonyl (C=O) groups excluding carboxylic acids is 1. The van der Waals surface area contributed by atoms with Crippen LogP contribution < -0.4 is 11.2 Å². The van der Waals surface area contributed by atoms with Crippen LogP contribution in [0.2, 0.25) is 0 Å². The van der Waals surface area contributed by atoms with Gasteiger partial charge in [-0.25, -0.2) is 13.1 Å². The van der Waals surface area contributed by atoms with E-state index in [2.05, 4.69) is 15.5 Å². The molecule has 1 heterocycles. The summed E-state index contributed by atoms with van der Waals surface area (Å²) in [7, 11) is -3.64. The summed E-state index contributed by atoms with van der Waals surface area (Å²) >= 11 is 1.08. The summed E-state index contributed by atoms with van der Waals surface area (Å²) < 4.78 is 28.2. The molecule has 1 amide bonds. The van der Waals surface area contributed by atoms with Gasteiger partial charge in [0.2, 0.25) is 21.1 Å². The third-order valence-corrected chi connectivity index (χ3v) is 7.70. The van der Waals surface area contributed by atoms with Gasteiger partial charge in [-0.05, 0) is 30.3 Å². The molecule has 2 aromatic carbocycles. The van der Waals surface area contributed by atoms with Crippen LogP contribution in [0.3, 0.4) is 0 Å². The Bertz CT molecular complexity index is 1300. The van der Waals surface area contributed by atoms with E-state index in [0.717, 1.165) is 11.8 Å². The second-order valence-corrected chi connectivity index (χ2v) is 9.70. The molecule has 3 aromatic rings. The number of sulfonamides is 1. The molecule has 1 aromatic heterocycles. The standard InChI is InChI=1S/C21H23N7O3S2/c1-3-27(4-2)33(30,31)18-10-6-8-16(12-18)20-25-26-21(28(20)23)32-14-19(29)24-17-9-5-7-15(11-17)13-22/h5-12H,3-4,14,23H2,1-2H3,(H,24,29). The highest BCUT2D eigenvalue weighted by molar-refractivity contribution is 7.99. The second-order valence-electron chi connectivity index (χ2n) is 6.82. The smallest absolute Gasteiger partial charge is 0.243 e. The monoisotopic (exact) mass is 485 g/mol. The zero-order valence-corrected chi connectivity index (χ0v) is 19.7. The summed E-state index contributed by atoms with van der Waals surface area (Å²) in [6.07, 6.45) is 0. The molecule has 33 heavy (non-hydrogen) atoms. The highest BCUT2D eigenvalue weighted by Gasteiger charge is 2.23. The van der Waals surface area contributed by atoms with Gasteiger partial charge in [0.25, 0.3) is 0 Å². The van der Waals surface area contributed by atoms with E-state index in [0.29, 0.717) is 35.1 Å². The lowest BCUT2D eigenvalue weighted by Gasteiger charge is -2.18. The van der Waals surface area contributed by atoms with Gasteiger partial charge in [0.1, 0.15) is 0 Å². The second kappa shape index (κ2) is 10.5. The molecule has 0 unspecified atom stereocenters. The molecule has 0 fully saturated rings. The van der Waals surface area contributed by atoms with Crippen LogP contribution in [0.5, 0.6) is 0 Å². The molecule has 0 bridgehead atoms. The Morgan fingerprint density at radius 2 is 1.91 bits per heavy atom. The molecule has 0 atom stereocenters. The zero-order chi connectivity index (χ0) is 24.0. The van der Waals surface area contributed by atoms with Crippen molar-refractivity contribution >= 4 is 33.4 Å². The largest absolute Gasteiger partial charge is 0.335 e. The first-order chi connectivity index (χ1) is 15.8. The normalized spacial score (nSPS) is 11.3. The van der Waals surface area contributed by atoms with Crippen LogP contribution in [0.15, 0.2) is 58.6 Å². The fourth-order valence-electron chi connectivity index (χ4n) is 3.07. The summed E-state index contributed by atoms with van der Waals surface area (Å²) in [5.74, 6) is 6.12. The number of hydrogen-bond donors (Lipinski definition) is 2. The highest BCUT2D eigenvalue weighted by atomic mass is 32.2. The number of amides is 1. The number of benzene rings is 2. The number of anilines is 1. The van der Waals surface area contributed by atoms with Gasteiger partial charge < -0.3 is 11.2 Å². The van der Waals surface area contributed by atoms with Crippen molar-refractivity contribution in [1.82, 2.24) is 19.2 Å². The molecule has 3 rings (SSSR count). The van der Waals surface area contributed by atoms with Crippen LogP contribution >= 0.6 is 11.8 Å². The van der Waals surface area contributed by atoms with E-state index in [9.17, 15) is 13.2 Å². The Hall–Kier alpha value is -3.40. The number of hydrogen-bond acceptors (Lipinski definition) is 8. The lowest BCUT2D eigenvalue weighted by Crippen LogP contribution is -2.30. The first-order valence-corrected chi connectivity index (χ1v) is 12.5. The van der Waals surface area contributed by atoms with E-state index < -0.39 is 10.0 Å². The van der Waals surface area contributed by atoms with Crippen molar-refractivity contribution in [3.05, 3.63) is 54.1 Å². The molecule has 0 radical (unpaired) electrons. The Labute approximate surface area is 196 Å². The maximum atomic E-state index is 12.8. The van der Waals surface area contributed by atoms with Crippen molar-refractivity contribution in [2.24, 2.45) is 0 Å². The number of nitrogens with one attached hydrogen (secondary N) is 1. The van der Waals surface area contributed by atoms with Crippen molar-refractivity contribution in [2.75, 3.05) is 30.0 Å². The summed E-state index contributed by atoms with van der Waals surface area (Å²) in [5.41, 5.74) is 1.45. The van der Waals surface area contributed by atoms with E-state index in [1.165, 1.54) is 21.1 Å². The number of aromatic nitrogens is 3. The highest BCUT2D eigenvalue weighted by Crippen LogP contribution is 2.25. The maximum Gasteiger partial charge on any atom is 0.243 e. The van der Waals surface area contributed by atoms with Gasteiger partial charge >= 0.3 is 0 Å². The van der Waals surface area contributed by atoms with Crippen molar-refractivity contribution in [3.8, 4) is 17.5 Å². The Morgan fingerprint density at radius 3 is 2.61 bits per heavy atom. The van der Waals surface area contributed by atoms with Gasteiger partial charge in [0, 0.05) is 24.3 Å². The zero-order valence-electron chi connectivity index (χ0n) is 18.1. The summed E-state index contributed by atoms with van der Waals surface area (Å²) in [5, 5.41) is 20.1. The predicted octanol–water partition coefficient (Wildman–Crippen LogP) is 2.29. The molecule has 12 heteroatoms. The van der Waals surface area contributed by atoms with Crippen LogP contribution in [-0.2, 0) is 14.8 Å². The maximum absolute atomic E-state index is 12.8. The molecule has 0 aliphatic carbocycles. The SMILES string of the molecule is CCN(CC)S(=O)(=O)c1cccc(-c2nnc(SCC(=O)Nc3cccc(C#N)c3)n2N)c1. The van der Waals surface area contributed by atoms with E-state index in [4.69, 9.17) is 11.1 Å². The minimum Gasteiger partial charge on any atom is -0.335 e. The van der Waals surface area contributed by atoms with Crippen molar-refractivity contribution < 1.29 is 13.2 Å². The number of rotatable bonds is 9. The summed E-state index contributed by atoms with van der Waals surface area (Å²) in [4.78, 5) is 12.4. The fourth-order valence-corrected chi connectivity index (χ4v) is 5.24. The summed E-state index contributed by atoms with van der Waals surface area (Å²) in [6.45, 7) is 4.28. The Balaban J connectivity index is 1.73. The van der Waals surface area contributed by atoms with Gasteiger partial charge in [0.15, 0.2) is 5.82 Å². The van der Waals surface area contributed by atoms with Crippen LogP contribution in [-0.4, -0.2) is 52.3 Å². The fraction of sp³-hybridized carbons (Fsp3) is 0.238. The minimum atomic E-state index is -3.64. The lowest BCUT2D eigenvalue weighted by molar-refractivity contribution is -0.113. The van der Waals surface area contributed by atoms with E-state index in [1.54, 1.807) is 50.2 Å². The molecule has 3 N–H and O–H groups in total. The average molecular weight is 486 g/mol. The van der Waals surface area contributed by atoms with E-state index in [-0.39, 0.29) is 22.4 Å². The van der Waals surface area contributed by atoms with Crippen molar-refractivity contribution in [1.29, 1.82) is 5.26 Å². The number of thioether (sulfide) groups is 1. The number of nitriles is 1. The predicted molar refractivity (Wildman–Crippen MR) is 126 cm³/mol. The van der Waals surface area contributed by atoms with Crippen LogP contribution in [0.25, 0.3) is 11.4 Å². The van der Waals surface area contributed by atoms with Gasteiger partial charge in [-0.15, -0.1) is 10.2 Å². The quantitative estimate of drug-likeness (QED) is 0.347. The van der Waals surface area contributed by atoms with Gasteiger partial charge in [0.05, 0.1) is 22.3 Å². The first-order valence-electron chi connectivity index (χ1n) is 10.0. The van der Waals surface area contributed by atoms with Crippen molar-refractivity contribution in [3.63, 3.8) is 0 Å². The Kier molecular flexibility index (Phi) is 7.70. The van der Waals surface area contributed by atoms with E-state index in [1.807, 2.05) is 6.07 Å². The third-order valence-electron chi connectivity index (χ3n) is 4.71.